The molecule has 0 atom stereocenters. The van der Waals surface area contributed by atoms with Gasteiger partial charge in [0.15, 0.2) is 5.82 Å². The minimum absolute atomic E-state index is 0.216. The van der Waals surface area contributed by atoms with Gasteiger partial charge in [0.25, 0.3) is 5.56 Å². The Morgan fingerprint density at radius 3 is 2.59 bits per heavy atom. The highest BCUT2D eigenvalue weighted by Gasteiger charge is 2.10. The number of nitrogens with one attached hydrogen (secondary N) is 2. The Kier molecular flexibility index (Phi) is 3.90. The molecule has 1 aromatic heterocycles. The lowest BCUT2D eigenvalue weighted by Crippen LogP contribution is -2.13. The molecular weight excluding hydrogens is 376 g/mol. The molecular formula is C10H6Cl2IN3O. The summed E-state index contributed by atoms with van der Waals surface area (Å²) in [6.07, 6.45) is 1.32. The number of benzene rings is 1. The van der Waals surface area contributed by atoms with Crippen molar-refractivity contribution in [2.45, 2.75) is 0 Å². The van der Waals surface area contributed by atoms with E-state index in [0.717, 1.165) is 0 Å². The van der Waals surface area contributed by atoms with E-state index in [1.54, 1.807) is 18.2 Å². The number of halogens is 3. The van der Waals surface area contributed by atoms with E-state index in [-0.39, 0.29) is 5.56 Å². The monoisotopic (exact) mass is 381 g/mol. The quantitative estimate of drug-likeness (QED) is 0.783. The minimum Gasteiger partial charge on any atom is -0.337 e. The largest absolute Gasteiger partial charge is 0.337 e. The molecule has 2 rings (SSSR count). The van der Waals surface area contributed by atoms with E-state index >= 15 is 0 Å². The van der Waals surface area contributed by atoms with Crippen molar-refractivity contribution in [2.75, 3.05) is 5.32 Å². The van der Waals surface area contributed by atoms with Crippen molar-refractivity contribution in [1.29, 1.82) is 0 Å². The van der Waals surface area contributed by atoms with E-state index in [9.17, 15) is 4.79 Å². The van der Waals surface area contributed by atoms with Gasteiger partial charge in [0.2, 0.25) is 0 Å². The van der Waals surface area contributed by atoms with Crippen LogP contribution >= 0.6 is 45.8 Å². The Bertz CT molecular complexity index is 594. The second kappa shape index (κ2) is 5.24. The summed E-state index contributed by atoms with van der Waals surface area (Å²) in [5.74, 6) is 0.421. The van der Waals surface area contributed by atoms with E-state index in [2.05, 4.69) is 15.3 Å². The van der Waals surface area contributed by atoms with Crippen LogP contribution < -0.4 is 10.9 Å². The summed E-state index contributed by atoms with van der Waals surface area (Å²) in [6, 6.07) is 5.15. The predicted octanol–water partition coefficient (Wildman–Crippen LogP) is 3.42. The van der Waals surface area contributed by atoms with Crippen molar-refractivity contribution < 1.29 is 0 Å². The Balaban J connectivity index is 2.45. The zero-order valence-electron chi connectivity index (χ0n) is 8.30. The molecule has 1 heterocycles. The summed E-state index contributed by atoms with van der Waals surface area (Å²) >= 11 is 13.9. The molecule has 0 radical (unpaired) electrons. The van der Waals surface area contributed by atoms with Gasteiger partial charge in [0, 0.05) is 0 Å². The van der Waals surface area contributed by atoms with Gasteiger partial charge in [-0.2, -0.15) is 0 Å². The standard InChI is InChI=1S/C10H6Cl2IN3O/c11-5-2-1-3-6(12)8(5)16-9-7(13)10(17)15-4-14-9/h1-4H,(H2,14,15,16,17). The fourth-order valence-corrected chi connectivity index (χ4v) is 2.13. The van der Waals surface area contributed by atoms with E-state index < -0.39 is 0 Å². The Hall–Kier alpha value is -0.790. The maximum absolute atomic E-state index is 11.4. The molecule has 0 aliphatic rings. The van der Waals surface area contributed by atoms with Crippen LogP contribution in [0, 0.1) is 3.57 Å². The first kappa shape index (κ1) is 12.7. The third-order valence-electron chi connectivity index (χ3n) is 2.00. The molecule has 2 aromatic rings. The average molecular weight is 382 g/mol. The van der Waals surface area contributed by atoms with Crippen LogP contribution in [0.1, 0.15) is 0 Å². The number of hydrogen-bond acceptors (Lipinski definition) is 3. The molecule has 17 heavy (non-hydrogen) atoms. The van der Waals surface area contributed by atoms with Gasteiger partial charge in [-0.15, -0.1) is 0 Å². The molecule has 0 bridgehead atoms. The van der Waals surface area contributed by atoms with Crippen molar-refractivity contribution in [3.05, 3.63) is 48.5 Å². The van der Waals surface area contributed by atoms with Crippen molar-refractivity contribution in [3.8, 4) is 0 Å². The normalized spacial score (nSPS) is 10.3. The summed E-state index contributed by atoms with van der Waals surface area (Å²) in [5.41, 5.74) is 0.318. The van der Waals surface area contributed by atoms with Crippen molar-refractivity contribution in [3.63, 3.8) is 0 Å². The Labute approximate surface area is 121 Å². The summed E-state index contributed by atoms with van der Waals surface area (Å²) in [4.78, 5) is 17.9. The van der Waals surface area contributed by atoms with Crippen LogP contribution in [0.5, 0.6) is 0 Å². The van der Waals surface area contributed by atoms with Crippen LogP contribution in [0.2, 0.25) is 10.0 Å². The Morgan fingerprint density at radius 1 is 1.29 bits per heavy atom. The third kappa shape index (κ3) is 2.72. The first-order valence-electron chi connectivity index (χ1n) is 4.54. The van der Waals surface area contributed by atoms with E-state index in [1.807, 2.05) is 22.6 Å². The lowest BCUT2D eigenvalue weighted by molar-refractivity contribution is 1.10. The first-order chi connectivity index (χ1) is 8.09. The molecule has 0 spiro atoms. The molecule has 88 valence electrons. The van der Waals surface area contributed by atoms with Crippen molar-refractivity contribution in [2.24, 2.45) is 0 Å². The van der Waals surface area contributed by atoms with Crippen LogP contribution in [-0.2, 0) is 0 Å². The number of rotatable bonds is 2. The first-order valence-corrected chi connectivity index (χ1v) is 6.37. The summed E-state index contributed by atoms with van der Waals surface area (Å²) in [6.45, 7) is 0. The molecule has 0 saturated heterocycles. The van der Waals surface area contributed by atoms with Crippen LogP contribution in [0.3, 0.4) is 0 Å². The van der Waals surface area contributed by atoms with Gasteiger partial charge in [0.05, 0.1) is 22.1 Å². The topological polar surface area (TPSA) is 57.8 Å². The van der Waals surface area contributed by atoms with Gasteiger partial charge in [-0.05, 0) is 34.7 Å². The van der Waals surface area contributed by atoms with Crippen molar-refractivity contribution in [1.82, 2.24) is 9.97 Å². The van der Waals surface area contributed by atoms with Crippen LogP contribution in [0.15, 0.2) is 29.3 Å². The summed E-state index contributed by atoms with van der Waals surface area (Å²) < 4.78 is 0.445. The van der Waals surface area contributed by atoms with E-state index in [0.29, 0.717) is 25.1 Å². The fraction of sp³-hybridized carbons (Fsp3) is 0. The van der Waals surface area contributed by atoms with Crippen LogP contribution in [0.25, 0.3) is 0 Å². The zero-order valence-corrected chi connectivity index (χ0v) is 12.0. The predicted molar refractivity (Wildman–Crippen MR) is 77.3 cm³/mol. The zero-order chi connectivity index (χ0) is 12.4. The SMILES string of the molecule is O=c1[nH]cnc(Nc2c(Cl)cccc2Cl)c1I. The second-order valence-electron chi connectivity index (χ2n) is 3.12. The molecule has 0 saturated carbocycles. The van der Waals surface area contributed by atoms with E-state index in [1.165, 1.54) is 6.33 Å². The lowest BCUT2D eigenvalue weighted by Gasteiger charge is -2.09. The van der Waals surface area contributed by atoms with Crippen LogP contribution in [0.4, 0.5) is 11.5 Å². The molecule has 0 unspecified atom stereocenters. The highest BCUT2D eigenvalue weighted by Crippen LogP contribution is 2.32. The maximum Gasteiger partial charge on any atom is 0.266 e. The molecule has 0 fully saturated rings. The smallest absolute Gasteiger partial charge is 0.266 e. The third-order valence-corrected chi connectivity index (χ3v) is 3.63. The number of H-pyrrole nitrogens is 1. The fourth-order valence-electron chi connectivity index (χ4n) is 1.21. The lowest BCUT2D eigenvalue weighted by atomic mass is 10.3. The number of para-hydroxylation sites is 1. The number of anilines is 2. The van der Waals surface area contributed by atoms with Gasteiger partial charge in [-0.25, -0.2) is 4.98 Å². The van der Waals surface area contributed by atoms with Crippen LogP contribution in [-0.4, -0.2) is 9.97 Å². The molecule has 7 heteroatoms. The van der Waals surface area contributed by atoms with Gasteiger partial charge in [0.1, 0.15) is 3.57 Å². The van der Waals surface area contributed by atoms with Gasteiger partial charge in [-0.1, -0.05) is 29.3 Å². The highest BCUT2D eigenvalue weighted by atomic mass is 127. The number of aromatic nitrogens is 2. The Morgan fingerprint density at radius 2 is 1.94 bits per heavy atom. The second-order valence-corrected chi connectivity index (χ2v) is 5.01. The van der Waals surface area contributed by atoms with Crippen molar-refractivity contribution >= 4 is 57.3 Å². The number of aromatic amines is 1. The van der Waals surface area contributed by atoms with Gasteiger partial charge >= 0.3 is 0 Å². The maximum atomic E-state index is 11.4. The molecule has 0 amide bonds. The van der Waals surface area contributed by atoms with E-state index in [4.69, 9.17) is 23.2 Å². The number of hydrogen-bond donors (Lipinski definition) is 2. The summed E-state index contributed by atoms with van der Waals surface area (Å²) in [7, 11) is 0. The molecule has 4 nitrogen and oxygen atoms in total. The molecule has 0 aliphatic heterocycles. The summed E-state index contributed by atoms with van der Waals surface area (Å²) in [5, 5.41) is 3.88. The molecule has 2 N–H and O–H groups in total. The van der Waals surface area contributed by atoms with Gasteiger partial charge < -0.3 is 10.3 Å². The molecule has 1 aromatic carbocycles. The van der Waals surface area contributed by atoms with Gasteiger partial charge in [-0.3, -0.25) is 4.79 Å². The number of nitrogens with zero attached hydrogens (tertiary/aromatic N) is 1. The highest BCUT2D eigenvalue weighted by molar-refractivity contribution is 14.1. The minimum atomic E-state index is -0.216. The molecule has 0 aliphatic carbocycles. The average Bonchev–Trinajstić information content (AvgIpc) is 2.29.